The van der Waals surface area contributed by atoms with E-state index < -0.39 is 0 Å². The van der Waals surface area contributed by atoms with Gasteiger partial charge in [-0.15, -0.1) is 0 Å². The summed E-state index contributed by atoms with van der Waals surface area (Å²) in [5.41, 5.74) is 12.8. The molecule has 0 spiro atoms. The molecular formula is C41H24N4. The number of nitrogens with one attached hydrogen (secondary N) is 1. The highest BCUT2D eigenvalue weighted by Gasteiger charge is 2.28. The lowest BCUT2D eigenvalue weighted by molar-refractivity contribution is 1.32. The molecule has 1 N–H and O–H groups in total. The second kappa shape index (κ2) is 9.18. The lowest BCUT2D eigenvalue weighted by atomic mass is 9.86. The zero-order valence-corrected chi connectivity index (χ0v) is 24.1. The van der Waals surface area contributed by atoms with Gasteiger partial charge in [-0.25, -0.2) is 9.98 Å². The van der Waals surface area contributed by atoms with Gasteiger partial charge in [0.2, 0.25) is 0 Å². The van der Waals surface area contributed by atoms with Gasteiger partial charge in [0.15, 0.2) is 0 Å². The quantitative estimate of drug-likeness (QED) is 0.225. The van der Waals surface area contributed by atoms with Crippen LogP contribution in [0.2, 0.25) is 0 Å². The minimum atomic E-state index is 0.926. The topological polar surface area (TPSA) is 53.4 Å². The Bertz CT molecular complexity index is 2760. The van der Waals surface area contributed by atoms with Crippen LogP contribution < -0.4 is 10.7 Å². The van der Waals surface area contributed by atoms with Crippen molar-refractivity contribution in [1.29, 1.82) is 0 Å². The third-order valence-corrected chi connectivity index (χ3v) is 9.22. The van der Waals surface area contributed by atoms with Gasteiger partial charge in [0, 0.05) is 60.7 Å². The molecule has 8 aromatic rings. The molecule has 4 heterocycles. The van der Waals surface area contributed by atoms with E-state index in [1.165, 1.54) is 10.8 Å². The molecule has 0 saturated heterocycles. The molecule has 0 atom stereocenters. The molecule has 4 heteroatoms. The van der Waals surface area contributed by atoms with Gasteiger partial charge in [0.1, 0.15) is 0 Å². The highest BCUT2D eigenvalue weighted by Crippen LogP contribution is 2.51. The lowest BCUT2D eigenvalue weighted by Gasteiger charge is -2.19. The molecular weight excluding hydrogens is 548 g/mol. The zero-order chi connectivity index (χ0) is 29.5. The van der Waals surface area contributed by atoms with Crippen molar-refractivity contribution >= 4 is 33.2 Å². The average molecular weight is 573 g/mol. The van der Waals surface area contributed by atoms with E-state index in [0.29, 0.717) is 0 Å². The number of para-hydroxylation sites is 3. The van der Waals surface area contributed by atoms with Crippen molar-refractivity contribution < 1.29 is 0 Å². The molecule has 2 aliphatic heterocycles. The summed E-state index contributed by atoms with van der Waals surface area (Å²) in [5.74, 6) is 0. The summed E-state index contributed by atoms with van der Waals surface area (Å²) in [6.07, 6.45) is 1.90. The van der Waals surface area contributed by atoms with Crippen LogP contribution in [0.5, 0.6) is 0 Å². The molecule has 0 saturated carbocycles. The Labute approximate surface area is 258 Å². The van der Waals surface area contributed by atoms with Crippen molar-refractivity contribution in [2.45, 2.75) is 0 Å². The fourth-order valence-corrected chi connectivity index (χ4v) is 7.26. The Kier molecular flexibility index (Phi) is 4.96. The maximum Gasteiger partial charge on any atom is 0.0817 e. The maximum absolute atomic E-state index is 5.18. The molecule has 0 radical (unpaired) electrons. The fourth-order valence-electron chi connectivity index (χ4n) is 7.26. The summed E-state index contributed by atoms with van der Waals surface area (Å²) in [4.78, 5) is 19.2. The van der Waals surface area contributed by atoms with E-state index in [0.717, 1.165) is 88.2 Å². The summed E-state index contributed by atoms with van der Waals surface area (Å²) < 4.78 is 0. The summed E-state index contributed by atoms with van der Waals surface area (Å²) in [5, 5.41) is 6.67. The van der Waals surface area contributed by atoms with Gasteiger partial charge in [-0.1, -0.05) is 97.1 Å². The van der Waals surface area contributed by atoms with Gasteiger partial charge < -0.3 is 4.98 Å². The third-order valence-electron chi connectivity index (χ3n) is 9.22. The van der Waals surface area contributed by atoms with Crippen molar-refractivity contribution in [1.82, 2.24) is 9.97 Å². The molecule has 0 fully saturated rings. The van der Waals surface area contributed by atoms with Crippen LogP contribution in [0.25, 0.3) is 66.4 Å². The van der Waals surface area contributed by atoms with E-state index in [4.69, 9.17) is 15.0 Å². The molecule has 4 nitrogen and oxygen atoms in total. The Morgan fingerprint density at radius 1 is 0.467 bits per heavy atom. The molecule has 2 aromatic heterocycles. The fraction of sp³-hybridized carbons (Fsp3) is 0. The standard InChI is InChI=1S/C41H24N4/c1-2-10-24(11-3-1)25-19-21-34-37(38-35(43-34)22-20-31-27-13-5-7-18-33(27)45-41(31)38)36(25)40-30(16-9-23-42-40)29-15-8-14-28-26-12-4-6-17-32(26)44-39(28)29/h1-23,44H. The SMILES string of the molecule is c1ccc(-c2ccc3c(c2-c2ncccc2-c2cccc4c2[nH]c2ccccc24)-c2c4c(ccc2=N3)=c2ccccc2=N4)cc1. The monoisotopic (exact) mass is 572 g/mol. The van der Waals surface area contributed by atoms with Crippen LogP contribution in [0.4, 0.5) is 11.4 Å². The van der Waals surface area contributed by atoms with Crippen molar-refractivity contribution in [3.8, 4) is 44.6 Å². The van der Waals surface area contributed by atoms with Gasteiger partial charge in [0.25, 0.3) is 0 Å². The Balaban J connectivity index is 1.33. The van der Waals surface area contributed by atoms with Crippen molar-refractivity contribution in [2.75, 3.05) is 0 Å². The predicted molar refractivity (Wildman–Crippen MR) is 181 cm³/mol. The number of H-pyrrole nitrogens is 1. The molecule has 6 aromatic carbocycles. The number of nitrogens with zero attached hydrogens (tertiary/aromatic N) is 3. The van der Waals surface area contributed by atoms with Gasteiger partial charge in [-0.2, -0.15) is 0 Å². The first-order valence-electron chi connectivity index (χ1n) is 15.2. The summed E-state index contributed by atoms with van der Waals surface area (Å²) in [6, 6.07) is 46.9. The molecule has 2 aliphatic rings. The predicted octanol–water partition coefficient (Wildman–Crippen LogP) is 9.20. The van der Waals surface area contributed by atoms with E-state index in [9.17, 15) is 0 Å². The Hall–Kier alpha value is -6.13. The van der Waals surface area contributed by atoms with Crippen LogP contribution >= 0.6 is 0 Å². The number of pyridine rings is 1. The lowest BCUT2D eigenvalue weighted by Crippen LogP contribution is -2.02. The van der Waals surface area contributed by atoms with Gasteiger partial charge in [-0.3, -0.25) is 4.98 Å². The van der Waals surface area contributed by atoms with E-state index >= 15 is 0 Å². The van der Waals surface area contributed by atoms with Crippen LogP contribution in [-0.4, -0.2) is 9.97 Å². The molecule has 0 aliphatic carbocycles. The van der Waals surface area contributed by atoms with Crippen LogP contribution in [0.1, 0.15) is 0 Å². The number of hydrogen-bond acceptors (Lipinski definition) is 3. The summed E-state index contributed by atoms with van der Waals surface area (Å²) in [6.45, 7) is 0. The maximum atomic E-state index is 5.18. The highest BCUT2D eigenvalue weighted by atomic mass is 14.8. The number of aromatic amines is 1. The van der Waals surface area contributed by atoms with Crippen LogP contribution in [0, 0.1) is 10.4 Å². The number of benzene rings is 6. The summed E-state index contributed by atoms with van der Waals surface area (Å²) in [7, 11) is 0. The molecule has 10 rings (SSSR count). The zero-order valence-electron chi connectivity index (χ0n) is 24.1. The van der Waals surface area contributed by atoms with Crippen molar-refractivity contribution in [3.05, 3.63) is 161 Å². The van der Waals surface area contributed by atoms with Crippen molar-refractivity contribution in [3.63, 3.8) is 0 Å². The van der Waals surface area contributed by atoms with Gasteiger partial charge >= 0.3 is 0 Å². The van der Waals surface area contributed by atoms with Crippen LogP contribution in [-0.2, 0) is 0 Å². The number of hydrogen-bond donors (Lipinski definition) is 1. The minimum absolute atomic E-state index is 0.926. The smallest absolute Gasteiger partial charge is 0.0817 e. The van der Waals surface area contributed by atoms with E-state index in [1.807, 2.05) is 12.3 Å². The van der Waals surface area contributed by atoms with E-state index in [1.54, 1.807) is 0 Å². The highest BCUT2D eigenvalue weighted by molar-refractivity contribution is 6.13. The first-order chi connectivity index (χ1) is 22.3. The average Bonchev–Trinajstić information content (AvgIpc) is 3.79. The molecule has 0 unspecified atom stereocenters. The number of fused-ring (bicyclic) bond motifs is 9. The third kappa shape index (κ3) is 3.45. The Morgan fingerprint density at radius 3 is 2.24 bits per heavy atom. The normalized spacial score (nSPS) is 12.4. The minimum Gasteiger partial charge on any atom is -0.354 e. The number of rotatable bonds is 3. The first kappa shape index (κ1) is 24.3. The molecule has 208 valence electrons. The molecule has 0 bridgehead atoms. The molecule has 0 amide bonds. The second-order valence-corrected chi connectivity index (χ2v) is 11.6. The number of aromatic nitrogens is 2. The van der Waals surface area contributed by atoms with Crippen molar-refractivity contribution in [2.24, 2.45) is 9.98 Å². The van der Waals surface area contributed by atoms with E-state index in [-0.39, 0.29) is 0 Å². The largest absolute Gasteiger partial charge is 0.354 e. The van der Waals surface area contributed by atoms with Crippen LogP contribution in [0.3, 0.4) is 0 Å². The Morgan fingerprint density at radius 2 is 1.29 bits per heavy atom. The van der Waals surface area contributed by atoms with Gasteiger partial charge in [0.05, 0.1) is 33.3 Å². The van der Waals surface area contributed by atoms with Crippen LogP contribution in [0.15, 0.2) is 150 Å². The van der Waals surface area contributed by atoms with Gasteiger partial charge in [-0.05, 0) is 47.5 Å². The first-order valence-corrected chi connectivity index (χ1v) is 15.2. The second-order valence-electron chi connectivity index (χ2n) is 11.6. The van der Waals surface area contributed by atoms with E-state index in [2.05, 4.69) is 132 Å². The molecule has 45 heavy (non-hydrogen) atoms. The summed E-state index contributed by atoms with van der Waals surface area (Å²) >= 11 is 0.